The molecule has 1 aliphatic heterocycles. The highest BCUT2D eigenvalue weighted by atomic mass is 32.1. The molecule has 2 aliphatic rings. The van der Waals surface area contributed by atoms with E-state index in [4.69, 9.17) is 4.98 Å². The molecule has 4 rings (SSSR count). The molecule has 0 aromatic carbocycles. The summed E-state index contributed by atoms with van der Waals surface area (Å²) in [5.41, 5.74) is 1.27. The van der Waals surface area contributed by atoms with Crippen LogP contribution in [0.1, 0.15) is 55.1 Å². The molecule has 0 amide bonds. The summed E-state index contributed by atoms with van der Waals surface area (Å²) in [4.78, 5) is 18.2. The Morgan fingerprint density at radius 2 is 2.00 bits per heavy atom. The quantitative estimate of drug-likeness (QED) is 0.816. The standard InChI is InChI=1S/C19H27N5S/c1-23(18-6-9-20-14-21-18)17-7-10-24(11-8-17)12-16-13-25-19(22-16)15-4-2-3-5-15/h6,9,13-15,17H,2-5,7-8,10-12H2,1H3. The van der Waals surface area contributed by atoms with Gasteiger partial charge in [0.15, 0.2) is 0 Å². The lowest BCUT2D eigenvalue weighted by Crippen LogP contribution is -2.43. The zero-order valence-corrected chi connectivity index (χ0v) is 15.8. The normalized spacial score (nSPS) is 20.2. The second-order valence-electron chi connectivity index (χ2n) is 7.34. The molecule has 1 saturated carbocycles. The molecule has 1 aliphatic carbocycles. The lowest BCUT2D eigenvalue weighted by molar-refractivity contribution is 0.201. The Morgan fingerprint density at radius 3 is 2.72 bits per heavy atom. The molecule has 2 aromatic rings. The summed E-state index contributed by atoms with van der Waals surface area (Å²) in [7, 11) is 2.15. The van der Waals surface area contributed by atoms with Crippen molar-refractivity contribution in [3.05, 3.63) is 34.7 Å². The van der Waals surface area contributed by atoms with Crippen molar-refractivity contribution >= 4 is 17.2 Å². The van der Waals surface area contributed by atoms with Gasteiger partial charge in [-0.1, -0.05) is 12.8 Å². The van der Waals surface area contributed by atoms with Crippen molar-refractivity contribution in [1.29, 1.82) is 0 Å². The molecular formula is C19H27N5S. The SMILES string of the molecule is CN(c1ccncn1)C1CCN(Cc2csc(C3CCCC3)n2)CC1. The third-order valence-corrected chi connectivity index (χ3v) is 6.75. The third-order valence-electron chi connectivity index (χ3n) is 5.69. The largest absolute Gasteiger partial charge is 0.356 e. The number of piperidine rings is 1. The van der Waals surface area contributed by atoms with E-state index in [2.05, 4.69) is 32.2 Å². The van der Waals surface area contributed by atoms with E-state index in [1.54, 1.807) is 6.33 Å². The van der Waals surface area contributed by atoms with E-state index in [-0.39, 0.29) is 0 Å². The monoisotopic (exact) mass is 357 g/mol. The van der Waals surface area contributed by atoms with Crippen molar-refractivity contribution in [2.45, 2.75) is 57.0 Å². The Labute approximate surface area is 154 Å². The topological polar surface area (TPSA) is 45.2 Å². The van der Waals surface area contributed by atoms with Crippen LogP contribution in [-0.4, -0.2) is 46.0 Å². The second-order valence-corrected chi connectivity index (χ2v) is 8.23. The molecule has 25 heavy (non-hydrogen) atoms. The van der Waals surface area contributed by atoms with Gasteiger partial charge in [-0.05, 0) is 31.7 Å². The number of hydrogen-bond acceptors (Lipinski definition) is 6. The maximum absolute atomic E-state index is 4.94. The van der Waals surface area contributed by atoms with Gasteiger partial charge in [-0.2, -0.15) is 0 Å². The minimum atomic E-state index is 0.565. The Bertz CT molecular complexity index is 659. The predicted octanol–water partition coefficient (Wildman–Crippen LogP) is 3.69. The fourth-order valence-corrected chi connectivity index (χ4v) is 5.11. The number of thiazole rings is 1. The maximum Gasteiger partial charge on any atom is 0.131 e. The van der Waals surface area contributed by atoms with Crippen LogP contribution in [0.15, 0.2) is 24.0 Å². The van der Waals surface area contributed by atoms with E-state index in [0.717, 1.165) is 31.4 Å². The Morgan fingerprint density at radius 1 is 1.20 bits per heavy atom. The molecular weight excluding hydrogens is 330 g/mol. The Balaban J connectivity index is 1.29. The lowest BCUT2D eigenvalue weighted by atomic mass is 10.0. The first kappa shape index (κ1) is 16.9. The van der Waals surface area contributed by atoms with Gasteiger partial charge in [0, 0.05) is 50.2 Å². The molecule has 3 heterocycles. The van der Waals surface area contributed by atoms with Crippen LogP contribution in [0.25, 0.3) is 0 Å². The fraction of sp³-hybridized carbons (Fsp3) is 0.632. The summed E-state index contributed by atoms with van der Waals surface area (Å²) in [5.74, 6) is 1.76. The highest BCUT2D eigenvalue weighted by molar-refractivity contribution is 7.09. The van der Waals surface area contributed by atoms with Crippen LogP contribution in [-0.2, 0) is 6.54 Å². The summed E-state index contributed by atoms with van der Waals surface area (Å²) < 4.78 is 0. The maximum atomic E-state index is 4.94. The first-order chi connectivity index (χ1) is 12.3. The summed E-state index contributed by atoms with van der Waals surface area (Å²) in [6.07, 6.45) is 11.3. The van der Waals surface area contributed by atoms with Crippen LogP contribution in [0, 0.1) is 0 Å². The van der Waals surface area contributed by atoms with Crippen LogP contribution in [0.2, 0.25) is 0 Å². The number of aromatic nitrogens is 3. The van der Waals surface area contributed by atoms with Crippen molar-refractivity contribution in [3.63, 3.8) is 0 Å². The van der Waals surface area contributed by atoms with Gasteiger partial charge in [0.25, 0.3) is 0 Å². The minimum Gasteiger partial charge on any atom is -0.356 e. The van der Waals surface area contributed by atoms with E-state index in [0.29, 0.717) is 6.04 Å². The van der Waals surface area contributed by atoms with Crippen LogP contribution < -0.4 is 4.90 Å². The summed E-state index contributed by atoms with van der Waals surface area (Å²) in [6.45, 7) is 3.28. The first-order valence-corrected chi connectivity index (χ1v) is 10.3. The fourth-order valence-electron chi connectivity index (χ4n) is 4.13. The van der Waals surface area contributed by atoms with Gasteiger partial charge < -0.3 is 4.90 Å². The van der Waals surface area contributed by atoms with Crippen molar-refractivity contribution in [1.82, 2.24) is 19.9 Å². The van der Waals surface area contributed by atoms with Crippen molar-refractivity contribution in [2.24, 2.45) is 0 Å². The smallest absolute Gasteiger partial charge is 0.131 e. The Kier molecular flexibility index (Phi) is 5.27. The molecule has 0 bridgehead atoms. The number of likely N-dealkylation sites (tertiary alicyclic amines) is 1. The van der Waals surface area contributed by atoms with Gasteiger partial charge in [0.2, 0.25) is 0 Å². The van der Waals surface area contributed by atoms with Gasteiger partial charge in [-0.15, -0.1) is 11.3 Å². The first-order valence-electron chi connectivity index (χ1n) is 9.45. The van der Waals surface area contributed by atoms with Gasteiger partial charge in [-0.3, -0.25) is 4.90 Å². The van der Waals surface area contributed by atoms with Crippen molar-refractivity contribution in [3.8, 4) is 0 Å². The highest BCUT2D eigenvalue weighted by Crippen LogP contribution is 2.35. The number of rotatable bonds is 5. The molecule has 2 fully saturated rings. The van der Waals surface area contributed by atoms with Gasteiger partial charge in [-0.25, -0.2) is 15.0 Å². The lowest BCUT2D eigenvalue weighted by Gasteiger charge is -2.37. The van der Waals surface area contributed by atoms with E-state index < -0.39 is 0 Å². The van der Waals surface area contributed by atoms with E-state index in [9.17, 15) is 0 Å². The van der Waals surface area contributed by atoms with Gasteiger partial charge in [0.1, 0.15) is 12.1 Å². The average molecular weight is 358 g/mol. The Hall–Kier alpha value is -1.53. The number of hydrogen-bond donors (Lipinski definition) is 0. The molecule has 2 aromatic heterocycles. The minimum absolute atomic E-state index is 0.565. The van der Waals surface area contributed by atoms with Crippen LogP contribution in [0.5, 0.6) is 0 Å². The zero-order valence-electron chi connectivity index (χ0n) is 15.0. The number of anilines is 1. The molecule has 0 radical (unpaired) electrons. The molecule has 0 N–H and O–H groups in total. The van der Waals surface area contributed by atoms with E-state index in [1.165, 1.54) is 49.2 Å². The van der Waals surface area contributed by atoms with E-state index >= 15 is 0 Å². The van der Waals surface area contributed by atoms with Crippen molar-refractivity contribution in [2.75, 3.05) is 25.0 Å². The van der Waals surface area contributed by atoms with Crippen molar-refractivity contribution < 1.29 is 0 Å². The molecule has 0 atom stereocenters. The third kappa shape index (κ3) is 4.01. The summed E-state index contributed by atoms with van der Waals surface area (Å²) in [5, 5.41) is 3.66. The predicted molar refractivity (Wildman–Crippen MR) is 102 cm³/mol. The summed E-state index contributed by atoms with van der Waals surface area (Å²) in [6, 6.07) is 2.56. The highest BCUT2D eigenvalue weighted by Gasteiger charge is 2.24. The van der Waals surface area contributed by atoms with Crippen LogP contribution in [0.3, 0.4) is 0 Å². The molecule has 134 valence electrons. The average Bonchev–Trinajstić information content (AvgIpc) is 3.34. The molecule has 0 unspecified atom stereocenters. The molecule has 5 nitrogen and oxygen atoms in total. The van der Waals surface area contributed by atoms with Crippen LogP contribution in [0.4, 0.5) is 5.82 Å². The molecule has 6 heteroatoms. The number of nitrogens with zero attached hydrogens (tertiary/aromatic N) is 5. The van der Waals surface area contributed by atoms with Gasteiger partial charge >= 0.3 is 0 Å². The summed E-state index contributed by atoms with van der Waals surface area (Å²) >= 11 is 1.88. The molecule has 0 spiro atoms. The zero-order chi connectivity index (χ0) is 17.1. The van der Waals surface area contributed by atoms with Crippen LogP contribution >= 0.6 is 11.3 Å². The van der Waals surface area contributed by atoms with E-state index in [1.807, 2.05) is 23.6 Å². The second kappa shape index (κ2) is 7.79. The molecule has 1 saturated heterocycles. The van der Waals surface area contributed by atoms with Gasteiger partial charge in [0.05, 0.1) is 10.7 Å².